The third-order valence-electron chi connectivity index (χ3n) is 3.14. The number of hydrogen-bond donors (Lipinski definition) is 1. The highest BCUT2D eigenvalue weighted by molar-refractivity contribution is 7.10. The summed E-state index contributed by atoms with van der Waals surface area (Å²) in [5, 5.41) is 9.66. The van der Waals surface area contributed by atoms with Gasteiger partial charge in [0.05, 0.1) is 12.7 Å². The fourth-order valence-corrected chi connectivity index (χ4v) is 2.87. The molecule has 3 aromatic rings. The molecule has 20 heavy (non-hydrogen) atoms. The SMILES string of the molecule is Cc1ccsc1CNCCn1nc2cnccn2c1=O. The molecule has 7 heteroatoms. The van der Waals surface area contributed by atoms with Crippen molar-refractivity contribution in [2.24, 2.45) is 0 Å². The summed E-state index contributed by atoms with van der Waals surface area (Å²) in [7, 11) is 0. The minimum absolute atomic E-state index is 0.128. The molecule has 3 heterocycles. The van der Waals surface area contributed by atoms with Gasteiger partial charge in [0.15, 0.2) is 5.65 Å². The second-order valence-electron chi connectivity index (χ2n) is 4.51. The lowest BCUT2D eigenvalue weighted by molar-refractivity contribution is 0.542. The number of hydrogen-bond acceptors (Lipinski definition) is 5. The molecule has 0 fully saturated rings. The summed E-state index contributed by atoms with van der Waals surface area (Å²) in [6, 6.07) is 2.11. The molecule has 0 spiro atoms. The average Bonchev–Trinajstić information content (AvgIpc) is 3.00. The number of rotatable bonds is 5. The van der Waals surface area contributed by atoms with Crippen molar-refractivity contribution in [2.45, 2.75) is 20.0 Å². The Bertz CT molecular complexity index is 772. The quantitative estimate of drug-likeness (QED) is 0.713. The van der Waals surface area contributed by atoms with Gasteiger partial charge < -0.3 is 5.32 Å². The van der Waals surface area contributed by atoms with E-state index >= 15 is 0 Å². The summed E-state index contributed by atoms with van der Waals surface area (Å²) >= 11 is 1.74. The minimum atomic E-state index is -0.128. The number of nitrogens with one attached hydrogen (secondary N) is 1. The molecule has 0 aliphatic rings. The highest BCUT2D eigenvalue weighted by atomic mass is 32.1. The highest BCUT2D eigenvalue weighted by Crippen LogP contribution is 2.14. The van der Waals surface area contributed by atoms with Gasteiger partial charge in [0.25, 0.3) is 0 Å². The van der Waals surface area contributed by atoms with Gasteiger partial charge in [-0.3, -0.25) is 4.98 Å². The van der Waals surface area contributed by atoms with Crippen LogP contribution in [0.1, 0.15) is 10.4 Å². The maximum absolute atomic E-state index is 12.0. The third-order valence-corrected chi connectivity index (χ3v) is 4.17. The van der Waals surface area contributed by atoms with Crippen molar-refractivity contribution in [1.29, 1.82) is 0 Å². The van der Waals surface area contributed by atoms with Gasteiger partial charge in [0.1, 0.15) is 0 Å². The Labute approximate surface area is 119 Å². The molecule has 0 saturated carbocycles. The van der Waals surface area contributed by atoms with Crippen molar-refractivity contribution in [2.75, 3.05) is 6.54 Å². The Morgan fingerprint density at radius 2 is 2.35 bits per heavy atom. The zero-order valence-corrected chi connectivity index (χ0v) is 11.9. The average molecular weight is 289 g/mol. The minimum Gasteiger partial charge on any atom is -0.310 e. The van der Waals surface area contributed by atoms with E-state index in [4.69, 9.17) is 0 Å². The third kappa shape index (κ3) is 2.50. The van der Waals surface area contributed by atoms with E-state index < -0.39 is 0 Å². The van der Waals surface area contributed by atoms with Gasteiger partial charge in [-0.15, -0.1) is 16.4 Å². The summed E-state index contributed by atoms with van der Waals surface area (Å²) in [6.07, 6.45) is 4.79. The molecule has 0 aromatic carbocycles. The van der Waals surface area contributed by atoms with Gasteiger partial charge in [-0.25, -0.2) is 13.9 Å². The van der Waals surface area contributed by atoms with Gasteiger partial charge in [-0.2, -0.15) is 0 Å². The Balaban J connectivity index is 1.62. The molecule has 0 radical (unpaired) electrons. The van der Waals surface area contributed by atoms with E-state index in [1.807, 2.05) is 0 Å². The predicted octanol–water partition coefficient (Wildman–Crippen LogP) is 1.05. The Morgan fingerprint density at radius 3 is 3.10 bits per heavy atom. The second kappa shape index (κ2) is 5.56. The van der Waals surface area contributed by atoms with Crippen LogP contribution in [0.2, 0.25) is 0 Å². The zero-order valence-electron chi connectivity index (χ0n) is 11.1. The van der Waals surface area contributed by atoms with Crippen molar-refractivity contribution in [3.8, 4) is 0 Å². The first-order valence-electron chi connectivity index (χ1n) is 6.38. The maximum atomic E-state index is 12.0. The fraction of sp³-hybridized carbons (Fsp3) is 0.308. The van der Waals surface area contributed by atoms with Gasteiger partial charge in [-0.05, 0) is 23.9 Å². The lowest BCUT2D eigenvalue weighted by Crippen LogP contribution is -2.27. The van der Waals surface area contributed by atoms with Crippen molar-refractivity contribution < 1.29 is 0 Å². The number of aromatic nitrogens is 4. The predicted molar refractivity (Wildman–Crippen MR) is 78.0 cm³/mol. The van der Waals surface area contributed by atoms with Crippen LogP contribution in [-0.4, -0.2) is 25.7 Å². The molecule has 0 aliphatic carbocycles. The van der Waals surface area contributed by atoms with E-state index in [0.717, 1.165) is 6.54 Å². The first-order valence-corrected chi connectivity index (χ1v) is 7.26. The lowest BCUT2D eigenvalue weighted by atomic mass is 10.3. The van der Waals surface area contributed by atoms with Crippen LogP contribution in [0.15, 0.2) is 34.8 Å². The lowest BCUT2D eigenvalue weighted by Gasteiger charge is -2.03. The van der Waals surface area contributed by atoms with Crippen LogP contribution in [0.3, 0.4) is 0 Å². The van der Waals surface area contributed by atoms with E-state index in [1.54, 1.807) is 29.9 Å². The van der Waals surface area contributed by atoms with Gasteiger partial charge in [0.2, 0.25) is 0 Å². The number of fused-ring (bicyclic) bond motifs is 1. The number of nitrogens with zero attached hydrogens (tertiary/aromatic N) is 4. The molecule has 3 rings (SSSR count). The molecule has 0 atom stereocenters. The molecular weight excluding hydrogens is 274 g/mol. The molecule has 104 valence electrons. The second-order valence-corrected chi connectivity index (χ2v) is 5.51. The summed E-state index contributed by atoms with van der Waals surface area (Å²) in [5.74, 6) is 0. The summed E-state index contributed by atoms with van der Waals surface area (Å²) in [6.45, 7) is 4.18. The maximum Gasteiger partial charge on any atom is 0.350 e. The topological polar surface area (TPSA) is 64.2 Å². The van der Waals surface area contributed by atoms with E-state index in [2.05, 4.69) is 33.8 Å². The van der Waals surface area contributed by atoms with Gasteiger partial charge >= 0.3 is 5.69 Å². The molecule has 0 bridgehead atoms. The first kappa shape index (κ1) is 13.0. The molecule has 0 aliphatic heterocycles. The highest BCUT2D eigenvalue weighted by Gasteiger charge is 2.05. The summed E-state index contributed by atoms with van der Waals surface area (Å²) in [4.78, 5) is 17.3. The van der Waals surface area contributed by atoms with Crippen LogP contribution in [0.5, 0.6) is 0 Å². The summed E-state index contributed by atoms with van der Waals surface area (Å²) in [5.41, 5.74) is 1.75. The molecule has 0 amide bonds. The standard InChI is InChI=1S/C13H15N5OS/c1-10-2-7-20-11(10)8-14-4-6-18-13(19)17-5-3-15-9-12(17)16-18/h2-3,5,7,9,14H,4,6,8H2,1H3. The van der Waals surface area contributed by atoms with Gasteiger partial charge in [-0.1, -0.05) is 0 Å². The Kier molecular flexibility index (Phi) is 3.62. The Hall–Kier alpha value is -1.99. The van der Waals surface area contributed by atoms with E-state index in [0.29, 0.717) is 18.7 Å². The van der Waals surface area contributed by atoms with Crippen LogP contribution in [0.25, 0.3) is 5.65 Å². The molecular formula is C13H15N5OS. The van der Waals surface area contributed by atoms with Crippen LogP contribution in [0, 0.1) is 6.92 Å². The van der Waals surface area contributed by atoms with Crippen molar-refractivity contribution in [3.63, 3.8) is 0 Å². The van der Waals surface area contributed by atoms with Gasteiger partial charge in [0, 0.05) is 30.4 Å². The molecule has 0 unspecified atom stereocenters. The van der Waals surface area contributed by atoms with E-state index in [9.17, 15) is 4.79 Å². The zero-order chi connectivity index (χ0) is 13.9. The number of thiophene rings is 1. The van der Waals surface area contributed by atoms with Crippen LogP contribution in [-0.2, 0) is 13.1 Å². The van der Waals surface area contributed by atoms with Crippen molar-refractivity contribution >= 4 is 17.0 Å². The largest absolute Gasteiger partial charge is 0.350 e. The Morgan fingerprint density at radius 1 is 1.45 bits per heavy atom. The molecule has 0 saturated heterocycles. The normalized spacial score (nSPS) is 11.2. The van der Waals surface area contributed by atoms with Crippen LogP contribution in [0.4, 0.5) is 0 Å². The van der Waals surface area contributed by atoms with E-state index in [-0.39, 0.29) is 5.69 Å². The monoisotopic (exact) mass is 289 g/mol. The first-order chi connectivity index (χ1) is 9.75. The van der Waals surface area contributed by atoms with Crippen LogP contribution < -0.4 is 11.0 Å². The molecule has 6 nitrogen and oxygen atoms in total. The number of aryl methyl sites for hydroxylation is 1. The summed E-state index contributed by atoms with van der Waals surface area (Å²) < 4.78 is 2.96. The van der Waals surface area contributed by atoms with Crippen molar-refractivity contribution in [1.82, 2.24) is 24.5 Å². The van der Waals surface area contributed by atoms with E-state index in [1.165, 1.54) is 19.5 Å². The molecule has 1 N–H and O–H groups in total. The van der Waals surface area contributed by atoms with Crippen molar-refractivity contribution in [3.05, 3.63) is 51.0 Å². The van der Waals surface area contributed by atoms with Crippen LogP contribution >= 0.6 is 11.3 Å². The molecule has 3 aromatic heterocycles. The fourth-order valence-electron chi connectivity index (χ4n) is 2.00. The smallest absolute Gasteiger partial charge is 0.310 e.